The predicted molar refractivity (Wildman–Crippen MR) is 102 cm³/mol. The molecule has 1 heterocycles. The van der Waals surface area contributed by atoms with Gasteiger partial charge >= 0.3 is 0 Å². The first-order valence-corrected chi connectivity index (χ1v) is 8.74. The molecule has 0 radical (unpaired) electrons. The maximum absolute atomic E-state index is 13.3. The summed E-state index contributed by atoms with van der Waals surface area (Å²) in [4.78, 5) is 9.16. The fourth-order valence-corrected chi connectivity index (χ4v) is 2.81. The summed E-state index contributed by atoms with van der Waals surface area (Å²) in [6.07, 6.45) is 2.01. The number of fused-ring (bicyclic) bond motifs is 1. The highest BCUT2D eigenvalue weighted by Crippen LogP contribution is 2.26. The van der Waals surface area contributed by atoms with Crippen LogP contribution in [0.4, 0.5) is 21.8 Å². The molecule has 0 fully saturated rings. The van der Waals surface area contributed by atoms with Crippen molar-refractivity contribution in [1.29, 1.82) is 0 Å². The minimum Gasteiger partial charge on any atom is -0.367 e. The highest BCUT2D eigenvalue weighted by Gasteiger charge is 2.11. The number of benzene rings is 2. The number of rotatable bonds is 6. The second-order valence-corrected chi connectivity index (χ2v) is 6.23. The molecule has 2 aromatic carbocycles. The first kappa shape index (κ1) is 17.4. The normalized spacial score (nSPS) is 11.1. The van der Waals surface area contributed by atoms with Gasteiger partial charge in [0.2, 0.25) is 5.95 Å². The summed E-state index contributed by atoms with van der Waals surface area (Å²) in [5, 5.41) is 7.62. The minimum atomic E-state index is -0.456. The lowest BCUT2D eigenvalue weighted by molar-refractivity contribution is 0.628. The molecule has 0 aliphatic rings. The molecule has 130 valence electrons. The van der Waals surface area contributed by atoms with Crippen LogP contribution in [0.3, 0.4) is 0 Å². The van der Waals surface area contributed by atoms with Crippen molar-refractivity contribution in [3.8, 4) is 0 Å². The molecule has 0 aliphatic heterocycles. The van der Waals surface area contributed by atoms with Crippen LogP contribution in [0.5, 0.6) is 0 Å². The smallest absolute Gasteiger partial charge is 0.229 e. The Morgan fingerprint density at radius 3 is 2.56 bits per heavy atom. The molecule has 0 saturated heterocycles. The van der Waals surface area contributed by atoms with E-state index >= 15 is 0 Å². The van der Waals surface area contributed by atoms with E-state index in [4.69, 9.17) is 11.6 Å². The Labute approximate surface area is 151 Å². The quantitative estimate of drug-likeness (QED) is 0.587. The summed E-state index contributed by atoms with van der Waals surface area (Å²) in [7, 11) is 0. The molecule has 6 heteroatoms. The first-order valence-electron chi connectivity index (χ1n) is 8.36. The van der Waals surface area contributed by atoms with Gasteiger partial charge in [-0.25, -0.2) is 9.37 Å². The molecule has 3 rings (SSSR count). The van der Waals surface area contributed by atoms with Gasteiger partial charge < -0.3 is 10.6 Å². The molecule has 0 amide bonds. The fourth-order valence-electron chi connectivity index (χ4n) is 2.63. The van der Waals surface area contributed by atoms with Gasteiger partial charge in [-0.1, -0.05) is 37.6 Å². The largest absolute Gasteiger partial charge is 0.367 e. The first-order chi connectivity index (χ1) is 12.1. The van der Waals surface area contributed by atoms with Gasteiger partial charge in [0.1, 0.15) is 11.6 Å². The van der Waals surface area contributed by atoms with Gasteiger partial charge in [0, 0.05) is 17.1 Å². The summed E-state index contributed by atoms with van der Waals surface area (Å²) in [6, 6.07) is 12.6. The fraction of sp³-hybridized carbons (Fsp3) is 0.263. The van der Waals surface area contributed by atoms with E-state index in [1.165, 1.54) is 12.1 Å². The molecular weight excluding hydrogens is 339 g/mol. The number of para-hydroxylation sites is 1. The van der Waals surface area contributed by atoms with Crippen molar-refractivity contribution in [3.63, 3.8) is 0 Å². The summed E-state index contributed by atoms with van der Waals surface area (Å²) in [5.41, 5.74) is 1.47. The zero-order valence-electron chi connectivity index (χ0n) is 14.2. The Kier molecular flexibility index (Phi) is 5.34. The molecule has 1 aromatic heterocycles. The maximum Gasteiger partial charge on any atom is 0.229 e. The number of anilines is 3. The van der Waals surface area contributed by atoms with E-state index in [1.54, 1.807) is 6.07 Å². The van der Waals surface area contributed by atoms with E-state index in [-0.39, 0.29) is 5.02 Å². The van der Waals surface area contributed by atoms with Crippen molar-refractivity contribution in [2.75, 3.05) is 10.6 Å². The second-order valence-electron chi connectivity index (χ2n) is 5.82. The number of hydrogen-bond acceptors (Lipinski definition) is 4. The van der Waals surface area contributed by atoms with Gasteiger partial charge in [-0.15, -0.1) is 0 Å². The number of halogens is 2. The lowest BCUT2D eigenvalue weighted by Gasteiger charge is -2.18. The van der Waals surface area contributed by atoms with Gasteiger partial charge in [-0.3, -0.25) is 0 Å². The summed E-state index contributed by atoms with van der Waals surface area (Å²) in [5.74, 6) is 0.771. The van der Waals surface area contributed by atoms with Gasteiger partial charge in [0.15, 0.2) is 0 Å². The average Bonchev–Trinajstić information content (AvgIpc) is 2.62. The van der Waals surface area contributed by atoms with Crippen LogP contribution in [0.2, 0.25) is 5.02 Å². The van der Waals surface area contributed by atoms with Crippen molar-refractivity contribution >= 4 is 40.0 Å². The van der Waals surface area contributed by atoms with Crippen molar-refractivity contribution in [2.45, 2.75) is 32.7 Å². The number of nitrogens with one attached hydrogen (secondary N) is 2. The monoisotopic (exact) mass is 358 g/mol. The Morgan fingerprint density at radius 2 is 1.84 bits per heavy atom. The molecular formula is C19H20ClFN4. The van der Waals surface area contributed by atoms with E-state index < -0.39 is 5.82 Å². The predicted octanol–water partition coefficient (Wildman–Crippen LogP) is 5.77. The third-order valence-electron chi connectivity index (χ3n) is 4.11. The van der Waals surface area contributed by atoms with Crippen LogP contribution >= 0.6 is 11.6 Å². The summed E-state index contributed by atoms with van der Waals surface area (Å²) < 4.78 is 13.3. The third kappa shape index (κ3) is 3.99. The van der Waals surface area contributed by atoms with Gasteiger partial charge in [-0.05, 0) is 43.2 Å². The van der Waals surface area contributed by atoms with E-state index in [2.05, 4.69) is 34.4 Å². The topological polar surface area (TPSA) is 49.8 Å². The van der Waals surface area contributed by atoms with Gasteiger partial charge in [0.05, 0.1) is 10.5 Å². The highest BCUT2D eigenvalue weighted by atomic mass is 35.5. The highest BCUT2D eigenvalue weighted by molar-refractivity contribution is 6.31. The Balaban J connectivity index is 1.99. The number of hydrogen-bond donors (Lipinski definition) is 2. The van der Waals surface area contributed by atoms with E-state index in [1.807, 2.05) is 24.3 Å². The molecule has 0 unspecified atom stereocenters. The Hall–Kier alpha value is -2.40. The summed E-state index contributed by atoms with van der Waals surface area (Å²) >= 11 is 5.84. The van der Waals surface area contributed by atoms with Crippen LogP contribution in [-0.4, -0.2) is 16.0 Å². The number of nitrogens with zero attached hydrogens (tertiary/aromatic N) is 2. The van der Waals surface area contributed by atoms with Gasteiger partial charge in [-0.2, -0.15) is 4.98 Å². The Morgan fingerprint density at radius 1 is 1.08 bits per heavy atom. The van der Waals surface area contributed by atoms with Crippen molar-refractivity contribution < 1.29 is 4.39 Å². The van der Waals surface area contributed by atoms with E-state index in [0.717, 1.165) is 29.6 Å². The number of aromatic nitrogens is 2. The van der Waals surface area contributed by atoms with Crippen LogP contribution in [0.25, 0.3) is 10.9 Å². The maximum atomic E-state index is 13.3. The molecule has 2 N–H and O–H groups in total. The minimum absolute atomic E-state index is 0.0566. The molecule has 0 atom stereocenters. The van der Waals surface area contributed by atoms with Crippen molar-refractivity contribution in [1.82, 2.24) is 9.97 Å². The van der Waals surface area contributed by atoms with E-state index in [9.17, 15) is 4.39 Å². The second kappa shape index (κ2) is 7.66. The van der Waals surface area contributed by atoms with E-state index in [0.29, 0.717) is 17.7 Å². The Bertz CT molecular complexity index is 880. The zero-order chi connectivity index (χ0) is 17.8. The van der Waals surface area contributed by atoms with Crippen LogP contribution in [0, 0.1) is 5.82 Å². The average molecular weight is 359 g/mol. The lowest BCUT2D eigenvalue weighted by Crippen LogP contribution is -2.18. The molecule has 4 nitrogen and oxygen atoms in total. The van der Waals surface area contributed by atoms with Crippen LogP contribution in [0.1, 0.15) is 26.7 Å². The van der Waals surface area contributed by atoms with Crippen LogP contribution in [-0.2, 0) is 0 Å². The molecule has 0 spiro atoms. The van der Waals surface area contributed by atoms with Gasteiger partial charge in [0.25, 0.3) is 0 Å². The van der Waals surface area contributed by atoms with Crippen LogP contribution in [0.15, 0.2) is 42.5 Å². The molecule has 25 heavy (non-hydrogen) atoms. The lowest BCUT2D eigenvalue weighted by atomic mass is 10.1. The SMILES string of the molecule is CCC(CC)Nc1nc(Nc2ccc(F)c(Cl)c2)nc2ccccc12. The zero-order valence-corrected chi connectivity index (χ0v) is 14.9. The van der Waals surface area contributed by atoms with Crippen LogP contribution < -0.4 is 10.6 Å². The molecule has 3 aromatic rings. The molecule has 0 saturated carbocycles. The van der Waals surface area contributed by atoms with Crippen molar-refractivity contribution in [2.24, 2.45) is 0 Å². The summed E-state index contributed by atoms with van der Waals surface area (Å²) in [6.45, 7) is 4.29. The standard InChI is InChI=1S/C19H20ClFN4/c1-3-12(4-2)22-18-14-7-5-6-8-17(14)24-19(25-18)23-13-9-10-16(21)15(20)11-13/h5-12H,3-4H2,1-2H3,(H2,22,23,24,25). The molecule has 0 aliphatic carbocycles. The van der Waals surface area contributed by atoms with Crippen molar-refractivity contribution in [3.05, 3.63) is 53.3 Å². The molecule has 0 bridgehead atoms. The third-order valence-corrected chi connectivity index (χ3v) is 4.40.